The summed E-state index contributed by atoms with van der Waals surface area (Å²) in [7, 11) is -0.499. The maximum Gasteiger partial charge on any atom is 0.416 e. The van der Waals surface area contributed by atoms with E-state index in [0.717, 1.165) is 23.7 Å². The minimum atomic E-state index is -4.25. The van der Waals surface area contributed by atoms with E-state index in [1.807, 2.05) is 13.8 Å². The molecule has 0 bridgehead atoms. The van der Waals surface area contributed by atoms with E-state index in [4.69, 9.17) is 5.73 Å². The van der Waals surface area contributed by atoms with Gasteiger partial charge in [0.1, 0.15) is 0 Å². The molecule has 90 valence electrons. The van der Waals surface area contributed by atoms with Crippen molar-refractivity contribution in [2.24, 2.45) is 5.73 Å². The summed E-state index contributed by atoms with van der Waals surface area (Å²) < 4.78 is 36.9. The Morgan fingerprint density at radius 2 is 1.62 bits per heavy atom. The Labute approximate surface area is 95.7 Å². The Kier molecular flexibility index (Phi) is 3.80. The maximum absolute atomic E-state index is 12.3. The number of hydrogen-bond donors (Lipinski definition) is 1. The van der Waals surface area contributed by atoms with E-state index in [0.29, 0.717) is 0 Å². The Balaban J connectivity index is 2.66. The Morgan fingerprint density at radius 3 is 2.00 bits per heavy atom. The third kappa shape index (κ3) is 4.36. The average Bonchev–Trinajstić information content (AvgIpc) is 2.13. The second-order valence-electron chi connectivity index (χ2n) is 4.68. The first-order valence-corrected chi connectivity index (χ1v) is 6.84. The summed E-state index contributed by atoms with van der Waals surface area (Å²) in [5.74, 6) is 0. The minimum absolute atomic E-state index is 0.150. The molecule has 0 aromatic heterocycles. The minimum Gasteiger partial charge on any atom is -0.329 e. The molecule has 1 aromatic rings. The van der Waals surface area contributed by atoms with Crippen molar-refractivity contribution in [3.8, 4) is 0 Å². The lowest BCUT2D eigenvalue weighted by atomic mass is 10.1. The molecule has 0 aliphatic rings. The van der Waals surface area contributed by atoms with Gasteiger partial charge in [0.15, 0.2) is 0 Å². The van der Waals surface area contributed by atoms with Gasteiger partial charge in [-0.2, -0.15) is 13.2 Å². The molecule has 0 atom stereocenters. The van der Waals surface area contributed by atoms with Gasteiger partial charge in [-0.25, -0.2) is 0 Å². The zero-order valence-corrected chi connectivity index (χ0v) is 10.8. The molecule has 0 amide bonds. The van der Waals surface area contributed by atoms with Crippen LogP contribution in [0.1, 0.15) is 25.0 Å². The number of halogens is 3. The number of hydrogen-bond acceptors (Lipinski definition) is 1. The van der Waals surface area contributed by atoms with Crippen LogP contribution in [0.15, 0.2) is 24.3 Å². The normalized spacial score (nSPS) is 13.6. The van der Waals surface area contributed by atoms with Crippen LogP contribution in [-0.4, -0.2) is 14.7 Å². The molecule has 1 nitrogen and oxygen atoms in total. The third-order valence-corrected chi connectivity index (χ3v) is 4.46. The lowest BCUT2D eigenvalue weighted by molar-refractivity contribution is -0.137. The van der Waals surface area contributed by atoms with E-state index in [1.165, 1.54) is 0 Å². The van der Waals surface area contributed by atoms with Gasteiger partial charge in [-0.05, 0) is 23.3 Å². The Bertz CT molecular complexity index is 338. The van der Waals surface area contributed by atoms with Crippen LogP contribution in [0.4, 0.5) is 13.2 Å². The molecule has 0 aliphatic carbocycles. The summed E-state index contributed by atoms with van der Waals surface area (Å²) in [6.45, 7) is 3.92. The molecule has 0 heterocycles. The summed E-state index contributed by atoms with van der Waals surface area (Å²) in [6, 6.07) is 6.19. The molecule has 2 N–H and O–H groups in total. The van der Waals surface area contributed by atoms with Gasteiger partial charge in [0.2, 0.25) is 0 Å². The quantitative estimate of drug-likeness (QED) is 0.813. The van der Waals surface area contributed by atoms with Gasteiger partial charge >= 0.3 is 6.18 Å². The molecule has 0 radical (unpaired) electrons. The highest BCUT2D eigenvalue weighted by Crippen LogP contribution is 2.29. The fourth-order valence-electron chi connectivity index (χ4n) is 1.33. The van der Waals surface area contributed by atoms with Gasteiger partial charge in [-0.3, -0.25) is 0 Å². The third-order valence-electron chi connectivity index (χ3n) is 2.34. The maximum atomic E-state index is 12.3. The fraction of sp³-hybridized carbons (Fsp3) is 0.455. The first-order valence-electron chi connectivity index (χ1n) is 5.13. The van der Waals surface area contributed by atoms with Gasteiger partial charge < -0.3 is 5.73 Å². The highest BCUT2D eigenvalue weighted by Gasteiger charge is 2.29. The van der Waals surface area contributed by atoms with Crippen molar-refractivity contribution in [3.63, 3.8) is 0 Å². The molecule has 5 heteroatoms. The van der Waals surface area contributed by atoms with E-state index >= 15 is 0 Å². The predicted molar refractivity (Wildman–Crippen MR) is 62.0 cm³/mol. The molecular weight excluding hydrogens is 231 g/mol. The van der Waals surface area contributed by atoms with Crippen molar-refractivity contribution in [2.45, 2.75) is 31.2 Å². The van der Waals surface area contributed by atoms with Crippen LogP contribution in [0, 0.1) is 0 Å². The zero-order valence-electron chi connectivity index (χ0n) is 9.43. The van der Waals surface area contributed by atoms with Gasteiger partial charge in [0.05, 0.1) is 5.56 Å². The summed E-state index contributed by atoms with van der Waals surface area (Å²) in [4.78, 5) is 0. The number of alkyl halides is 3. The lowest BCUT2D eigenvalue weighted by Crippen LogP contribution is -2.40. The molecule has 0 spiro atoms. The second-order valence-corrected chi connectivity index (χ2v) is 7.51. The molecule has 0 saturated heterocycles. The largest absolute Gasteiger partial charge is 0.416 e. The standard InChI is InChI=1S/C11H16F3NSi/c1-10(2,15)16-7-8-3-5-9(6-4-8)11(12,13)14/h3-6H,7,15-16H2,1-2H3. The van der Waals surface area contributed by atoms with E-state index in [2.05, 4.69) is 0 Å². The van der Waals surface area contributed by atoms with Crippen molar-refractivity contribution in [2.75, 3.05) is 0 Å². The summed E-state index contributed by atoms with van der Waals surface area (Å²) in [5, 5.41) is -0.150. The molecule has 1 aromatic carbocycles. The van der Waals surface area contributed by atoms with Gasteiger partial charge in [-0.1, -0.05) is 31.5 Å². The zero-order chi connectivity index (χ0) is 12.4. The van der Waals surface area contributed by atoms with Crippen molar-refractivity contribution in [1.29, 1.82) is 0 Å². The van der Waals surface area contributed by atoms with Crippen LogP contribution in [0.3, 0.4) is 0 Å². The summed E-state index contributed by atoms with van der Waals surface area (Å²) in [6.07, 6.45) is -4.25. The molecule has 0 fully saturated rings. The summed E-state index contributed by atoms with van der Waals surface area (Å²) >= 11 is 0. The number of nitrogens with two attached hydrogens (primary N) is 1. The second kappa shape index (κ2) is 4.59. The SMILES string of the molecule is CC(C)(N)[SiH2]Cc1ccc(C(F)(F)F)cc1. The van der Waals surface area contributed by atoms with Gasteiger partial charge in [-0.15, -0.1) is 0 Å². The molecule has 16 heavy (non-hydrogen) atoms. The van der Waals surface area contributed by atoms with Crippen LogP contribution in [0.2, 0.25) is 0 Å². The van der Waals surface area contributed by atoms with Crippen LogP contribution in [0.5, 0.6) is 0 Å². The van der Waals surface area contributed by atoms with Crippen molar-refractivity contribution < 1.29 is 13.2 Å². The molecule has 1 rings (SSSR count). The number of benzene rings is 1. The predicted octanol–water partition coefficient (Wildman–Crippen LogP) is 2.07. The van der Waals surface area contributed by atoms with E-state index in [1.54, 1.807) is 12.1 Å². The van der Waals surface area contributed by atoms with E-state index in [9.17, 15) is 13.2 Å². The van der Waals surface area contributed by atoms with Gasteiger partial charge in [0, 0.05) is 9.52 Å². The van der Waals surface area contributed by atoms with Crippen molar-refractivity contribution in [3.05, 3.63) is 35.4 Å². The Morgan fingerprint density at radius 1 is 1.12 bits per heavy atom. The average molecular weight is 247 g/mol. The molecular formula is C11H16F3NSi. The first kappa shape index (κ1) is 13.3. The van der Waals surface area contributed by atoms with Gasteiger partial charge in [0.25, 0.3) is 0 Å². The lowest BCUT2D eigenvalue weighted by Gasteiger charge is -2.17. The highest BCUT2D eigenvalue weighted by molar-refractivity contribution is 6.39. The monoisotopic (exact) mass is 247 g/mol. The molecule has 0 aliphatic heterocycles. The summed E-state index contributed by atoms with van der Waals surface area (Å²) in [5.41, 5.74) is 6.21. The van der Waals surface area contributed by atoms with Crippen LogP contribution >= 0.6 is 0 Å². The highest BCUT2D eigenvalue weighted by atomic mass is 28.2. The topological polar surface area (TPSA) is 26.0 Å². The fourth-order valence-corrected chi connectivity index (χ4v) is 2.59. The Hall–Kier alpha value is -0.813. The molecule has 0 saturated carbocycles. The van der Waals surface area contributed by atoms with Crippen LogP contribution < -0.4 is 5.73 Å². The molecule has 0 unspecified atom stereocenters. The van der Waals surface area contributed by atoms with E-state index in [-0.39, 0.29) is 5.16 Å². The van der Waals surface area contributed by atoms with Crippen molar-refractivity contribution in [1.82, 2.24) is 0 Å². The van der Waals surface area contributed by atoms with Crippen molar-refractivity contribution >= 4 is 9.52 Å². The number of rotatable bonds is 3. The van der Waals surface area contributed by atoms with E-state index < -0.39 is 21.3 Å². The van der Waals surface area contributed by atoms with Crippen LogP contribution in [-0.2, 0) is 12.2 Å². The first-order chi connectivity index (χ1) is 7.18. The van der Waals surface area contributed by atoms with Crippen LogP contribution in [0.25, 0.3) is 0 Å². The smallest absolute Gasteiger partial charge is 0.329 e.